The fourth-order valence-corrected chi connectivity index (χ4v) is 11.7. The number of hydrogen-bond acceptors (Lipinski definition) is 11. The van der Waals surface area contributed by atoms with Crippen LogP contribution in [0.5, 0.6) is 5.75 Å². The molecule has 0 unspecified atom stereocenters. The van der Waals surface area contributed by atoms with Crippen LogP contribution in [-0.2, 0) is 36.6 Å². The molecule has 0 aliphatic rings. The van der Waals surface area contributed by atoms with Crippen molar-refractivity contribution in [3.8, 4) is 5.75 Å². The number of nitrogens with one attached hydrogen (secondary N) is 2. The summed E-state index contributed by atoms with van der Waals surface area (Å²) in [6.45, 7) is 9.08. The molecule has 2 aromatic heterocycles. The number of rotatable bonds is 17. The number of nitrogens with zero attached hydrogens (tertiary/aromatic N) is 4. The Labute approximate surface area is 322 Å². The first kappa shape index (κ1) is 41.3. The molecule has 55 heavy (non-hydrogen) atoms. The maximum atomic E-state index is 15.7. The average molecular weight is 793 g/mol. The Hall–Kier alpha value is -4.90. The molecular weight excluding hydrogens is 744 g/mol. The van der Waals surface area contributed by atoms with Crippen LogP contribution in [0.3, 0.4) is 0 Å². The van der Waals surface area contributed by atoms with Crippen molar-refractivity contribution in [1.82, 2.24) is 19.7 Å². The molecule has 3 aromatic carbocycles. The maximum Gasteiger partial charge on any atom is 0.413 e. The molecule has 0 aliphatic heterocycles. The molecule has 0 fully saturated rings. The van der Waals surface area contributed by atoms with Gasteiger partial charge in [-0.3, -0.25) is 14.2 Å². The first-order valence-corrected chi connectivity index (χ1v) is 21.7. The summed E-state index contributed by atoms with van der Waals surface area (Å²) in [6.07, 6.45) is 2.32. The predicted octanol–water partition coefficient (Wildman–Crippen LogP) is 6.22. The molecule has 2 N–H and O–H groups in total. The van der Waals surface area contributed by atoms with Crippen LogP contribution in [-0.4, -0.2) is 75.7 Å². The van der Waals surface area contributed by atoms with Crippen LogP contribution in [0.1, 0.15) is 58.1 Å². The van der Waals surface area contributed by atoms with Crippen LogP contribution in [0.25, 0.3) is 11.0 Å². The fourth-order valence-electron chi connectivity index (χ4n) is 6.75. The highest BCUT2D eigenvalue weighted by molar-refractivity contribution is 7.85. The van der Waals surface area contributed by atoms with Crippen molar-refractivity contribution in [1.29, 1.82) is 0 Å². The van der Waals surface area contributed by atoms with E-state index in [0.29, 0.717) is 29.9 Å². The molecule has 1 atom stereocenters. The standard InChI is InChI=1S/C39H49FN6O7SSi/c1-8-15-29(22-23-53-55(39(2,3)4,30-16-11-9-12-17-30)31-18-13-10-14-19-31)41-36-34-33(42-37(43-36)44-38(47)51-6)35(40)45-46(34)25-28-21-20-27(24-32(28)50-5)26-52-54(7,48)49/h9-14,16-21,24,29H,8,15,22-23,25-26H2,1-7H3,(H2,41,42,43,44,47)/t29-/m0/s1. The van der Waals surface area contributed by atoms with Gasteiger partial charge in [-0.15, -0.1) is 5.10 Å². The Morgan fingerprint density at radius 1 is 0.964 bits per heavy atom. The predicted molar refractivity (Wildman–Crippen MR) is 214 cm³/mol. The molecule has 0 saturated carbocycles. The molecule has 0 aliphatic carbocycles. The number of carbonyl (C=O) groups is 1. The van der Waals surface area contributed by atoms with Gasteiger partial charge in [-0.1, -0.05) is 107 Å². The van der Waals surface area contributed by atoms with E-state index in [1.165, 1.54) is 29.3 Å². The van der Waals surface area contributed by atoms with Crippen molar-refractivity contribution in [2.45, 2.75) is 71.2 Å². The van der Waals surface area contributed by atoms with E-state index in [9.17, 15) is 13.2 Å². The lowest BCUT2D eigenvalue weighted by atomic mass is 10.1. The highest BCUT2D eigenvalue weighted by Crippen LogP contribution is 2.37. The number of fused-ring (bicyclic) bond motifs is 1. The first-order chi connectivity index (χ1) is 26.2. The van der Waals surface area contributed by atoms with Crippen LogP contribution in [0.15, 0.2) is 78.9 Å². The van der Waals surface area contributed by atoms with E-state index < -0.39 is 30.5 Å². The molecule has 0 saturated heterocycles. The molecule has 0 bridgehead atoms. The summed E-state index contributed by atoms with van der Waals surface area (Å²) in [5.74, 6) is -0.351. The molecule has 0 radical (unpaired) electrons. The fraction of sp³-hybridized carbons (Fsp3) is 0.385. The zero-order valence-electron chi connectivity index (χ0n) is 32.3. The number of aromatic nitrogens is 4. The molecule has 2 heterocycles. The number of hydrogen-bond donors (Lipinski definition) is 2. The monoisotopic (exact) mass is 792 g/mol. The van der Waals surface area contributed by atoms with Gasteiger partial charge in [0, 0.05) is 18.2 Å². The van der Waals surface area contributed by atoms with E-state index in [1.807, 2.05) is 12.1 Å². The summed E-state index contributed by atoms with van der Waals surface area (Å²) in [7, 11) is -3.78. The van der Waals surface area contributed by atoms with Crippen LogP contribution in [0.2, 0.25) is 5.04 Å². The van der Waals surface area contributed by atoms with Gasteiger partial charge in [-0.05, 0) is 39.9 Å². The van der Waals surface area contributed by atoms with Gasteiger partial charge in [0.25, 0.3) is 24.4 Å². The van der Waals surface area contributed by atoms with E-state index in [0.717, 1.165) is 19.1 Å². The lowest BCUT2D eigenvalue weighted by molar-refractivity contribution is 0.186. The Kier molecular flexibility index (Phi) is 13.3. The van der Waals surface area contributed by atoms with E-state index in [1.54, 1.807) is 18.2 Å². The minimum Gasteiger partial charge on any atom is -0.496 e. The van der Waals surface area contributed by atoms with Crippen LogP contribution >= 0.6 is 0 Å². The number of carbonyl (C=O) groups excluding carboxylic acids is 1. The summed E-state index contributed by atoms with van der Waals surface area (Å²) in [5.41, 5.74) is 1.35. The maximum absolute atomic E-state index is 15.7. The van der Waals surface area contributed by atoms with Crippen molar-refractivity contribution < 1.29 is 35.7 Å². The van der Waals surface area contributed by atoms with E-state index in [2.05, 4.69) is 102 Å². The largest absolute Gasteiger partial charge is 0.496 e. The number of amides is 1. The van der Waals surface area contributed by atoms with E-state index >= 15 is 4.39 Å². The van der Waals surface area contributed by atoms with Gasteiger partial charge in [0.05, 0.1) is 33.6 Å². The third-order valence-electron chi connectivity index (χ3n) is 9.24. The van der Waals surface area contributed by atoms with Gasteiger partial charge in [-0.2, -0.15) is 17.8 Å². The van der Waals surface area contributed by atoms with Gasteiger partial charge >= 0.3 is 6.09 Å². The van der Waals surface area contributed by atoms with Crippen molar-refractivity contribution in [2.24, 2.45) is 0 Å². The molecule has 13 nitrogen and oxygen atoms in total. The molecule has 16 heteroatoms. The Balaban J connectivity index is 1.50. The normalized spacial score (nSPS) is 12.7. The third kappa shape index (κ3) is 9.86. The molecule has 5 rings (SSSR count). The first-order valence-electron chi connectivity index (χ1n) is 18.0. The second-order valence-electron chi connectivity index (χ2n) is 14.2. The average Bonchev–Trinajstić information content (AvgIpc) is 3.47. The summed E-state index contributed by atoms with van der Waals surface area (Å²) in [5, 5.41) is 12.3. The lowest BCUT2D eigenvalue weighted by Gasteiger charge is -2.43. The number of halogens is 1. The van der Waals surface area contributed by atoms with Crippen LogP contribution in [0, 0.1) is 5.95 Å². The van der Waals surface area contributed by atoms with Crippen molar-refractivity contribution in [3.63, 3.8) is 0 Å². The quantitative estimate of drug-likeness (QED) is 0.0814. The van der Waals surface area contributed by atoms with Gasteiger partial charge in [0.1, 0.15) is 11.3 Å². The zero-order chi connectivity index (χ0) is 39.8. The molecule has 0 spiro atoms. The number of methoxy groups -OCH3 is 2. The molecule has 1 amide bonds. The Morgan fingerprint density at radius 3 is 2.18 bits per heavy atom. The summed E-state index contributed by atoms with van der Waals surface area (Å²) in [4.78, 5) is 21.1. The summed E-state index contributed by atoms with van der Waals surface area (Å²) >= 11 is 0. The number of anilines is 2. The second kappa shape index (κ2) is 17.7. The molecule has 5 aromatic rings. The van der Waals surface area contributed by atoms with Crippen molar-refractivity contribution in [3.05, 3.63) is 95.9 Å². The van der Waals surface area contributed by atoms with Gasteiger partial charge in [-0.25, -0.2) is 9.78 Å². The topological polar surface area (TPSA) is 156 Å². The molecule has 294 valence electrons. The van der Waals surface area contributed by atoms with Crippen molar-refractivity contribution >= 4 is 57.7 Å². The summed E-state index contributed by atoms with van der Waals surface area (Å²) in [6, 6.07) is 25.8. The van der Waals surface area contributed by atoms with Crippen LogP contribution < -0.4 is 25.7 Å². The highest BCUT2D eigenvalue weighted by atomic mass is 32.2. The van der Waals surface area contributed by atoms with Crippen molar-refractivity contribution in [2.75, 3.05) is 37.7 Å². The lowest BCUT2D eigenvalue weighted by Crippen LogP contribution is -2.66. The van der Waals surface area contributed by atoms with Gasteiger partial charge in [0.15, 0.2) is 11.3 Å². The smallest absolute Gasteiger partial charge is 0.413 e. The number of ether oxygens (including phenoxy) is 2. The minimum absolute atomic E-state index is 0.0496. The Bertz CT molecular complexity index is 2140. The van der Waals surface area contributed by atoms with Gasteiger partial charge < -0.3 is 19.2 Å². The Morgan fingerprint density at radius 2 is 1.62 bits per heavy atom. The SMILES string of the molecule is CCC[C@@H](CCO[Si](c1ccccc1)(c1ccccc1)C(C)(C)C)Nc1nc(NC(=O)OC)nc2c(F)nn(Cc3ccc(COS(C)(=O)=O)cc3OC)c12. The zero-order valence-corrected chi connectivity index (χ0v) is 34.1. The number of benzene rings is 3. The van der Waals surface area contributed by atoms with E-state index in [-0.39, 0.29) is 47.0 Å². The molecular formula is C39H49FN6O7SSi. The van der Waals surface area contributed by atoms with Crippen LogP contribution in [0.4, 0.5) is 21.0 Å². The third-order valence-corrected chi connectivity index (χ3v) is 14.8. The highest BCUT2D eigenvalue weighted by Gasteiger charge is 2.50. The minimum atomic E-state index is -3.66. The second-order valence-corrected chi connectivity index (χ2v) is 20.2. The summed E-state index contributed by atoms with van der Waals surface area (Å²) < 4.78 is 62.7. The van der Waals surface area contributed by atoms with Gasteiger partial charge in [0.2, 0.25) is 5.95 Å². The van der Waals surface area contributed by atoms with E-state index in [4.69, 9.17) is 18.1 Å².